The second-order valence-corrected chi connectivity index (χ2v) is 7.16. The lowest BCUT2D eigenvalue weighted by atomic mass is 10.1. The normalized spacial score (nSPS) is 10.8. The molecule has 0 atom stereocenters. The van der Waals surface area contributed by atoms with Gasteiger partial charge in [0.15, 0.2) is 11.5 Å². The number of amides is 1. The van der Waals surface area contributed by atoms with Crippen molar-refractivity contribution in [3.05, 3.63) is 98.6 Å². The van der Waals surface area contributed by atoms with E-state index in [1.807, 2.05) is 36.4 Å². The minimum atomic E-state index is -0.800. The van der Waals surface area contributed by atoms with Crippen LogP contribution in [0.1, 0.15) is 11.1 Å². The van der Waals surface area contributed by atoms with E-state index < -0.39 is 10.8 Å². The number of methoxy groups -OCH3 is 1. The number of hydrogen-bond donors (Lipinski definition) is 1. The van der Waals surface area contributed by atoms with Crippen molar-refractivity contribution in [1.29, 1.82) is 5.26 Å². The van der Waals surface area contributed by atoms with Crippen LogP contribution in [-0.4, -0.2) is 17.9 Å². The monoisotopic (exact) mass is 463 g/mol. The van der Waals surface area contributed by atoms with Crippen LogP contribution in [0.25, 0.3) is 6.08 Å². The lowest BCUT2D eigenvalue weighted by Crippen LogP contribution is -2.14. The van der Waals surface area contributed by atoms with Crippen LogP contribution in [0.3, 0.4) is 0 Å². The van der Waals surface area contributed by atoms with E-state index in [1.54, 1.807) is 18.2 Å². The zero-order valence-electron chi connectivity index (χ0n) is 17.4. The van der Waals surface area contributed by atoms with Gasteiger partial charge in [-0.05, 0) is 41.5 Å². The van der Waals surface area contributed by atoms with Gasteiger partial charge in [-0.3, -0.25) is 14.9 Å². The highest BCUT2D eigenvalue weighted by molar-refractivity contribution is 6.31. The van der Waals surface area contributed by atoms with Crippen molar-refractivity contribution in [2.45, 2.75) is 6.61 Å². The van der Waals surface area contributed by atoms with Gasteiger partial charge in [-0.1, -0.05) is 48.0 Å². The predicted molar refractivity (Wildman–Crippen MR) is 124 cm³/mol. The molecule has 9 heteroatoms. The van der Waals surface area contributed by atoms with E-state index in [4.69, 9.17) is 21.1 Å². The van der Waals surface area contributed by atoms with Crippen LogP contribution in [0, 0.1) is 21.4 Å². The molecule has 0 unspecified atom stereocenters. The van der Waals surface area contributed by atoms with Crippen LogP contribution >= 0.6 is 11.6 Å². The number of nitro groups is 1. The van der Waals surface area contributed by atoms with Crippen LogP contribution in [-0.2, 0) is 11.4 Å². The number of nitro benzene ring substituents is 1. The molecule has 33 heavy (non-hydrogen) atoms. The molecule has 0 saturated carbocycles. The molecule has 0 heterocycles. The maximum Gasteiger partial charge on any atom is 0.294 e. The van der Waals surface area contributed by atoms with Crippen LogP contribution in [0.4, 0.5) is 11.4 Å². The number of benzene rings is 3. The third-order valence-corrected chi connectivity index (χ3v) is 4.74. The Labute approximate surface area is 194 Å². The topological polar surface area (TPSA) is 114 Å². The van der Waals surface area contributed by atoms with Crippen molar-refractivity contribution < 1.29 is 19.2 Å². The number of nitriles is 1. The Kier molecular flexibility index (Phi) is 7.63. The van der Waals surface area contributed by atoms with Gasteiger partial charge in [0, 0.05) is 11.1 Å². The van der Waals surface area contributed by atoms with Gasteiger partial charge in [-0.2, -0.15) is 5.26 Å². The first-order chi connectivity index (χ1) is 15.9. The van der Waals surface area contributed by atoms with Crippen molar-refractivity contribution >= 4 is 35.0 Å². The average Bonchev–Trinajstić information content (AvgIpc) is 2.82. The maximum absolute atomic E-state index is 12.6. The molecule has 1 amide bonds. The number of halogens is 1. The number of hydrogen-bond acceptors (Lipinski definition) is 6. The fourth-order valence-electron chi connectivity index (χ4n) is 2.90. The summed E-state index contributed by atoms with van der Waals surface area (Å²) in [7, 11) is 1.51. The van der Waals surface area contributed by atoms with E-state index in [1.165, 1.54) is 25.3 Å². The molecule has 0 aliphatic heterocycles. The largest absolute Gasteiger partial charge is 0.493 e. The van der Waals surface area contributed by atoms with Crippen LogP contribution in [0.2, 0.25) is 5.02 Å². The summed E-state index contributed by atoms with van der Waals surface area (Å²) in [4.78, 5) is 23.2. The molecule has 166 valence electrons. The SMILES string of the molecule is COc1ccc(C=C(C#N)C(=O)Nc2ccc(Cl)cc2[N+](=O)[O-])cc1OCc1ccccc1. The number of carbonyl (C=O) groups excluding carboxylic acids is 1. The number of nitrogens with zero attached hydrogens (tertiary/aromatic N) is 2. The minimum Gasteiger partial charge on any atom is -0.493 e. The number of carbonyl (C=O) groups is 1. The van der Waals surface area contributed by atoms with Gasteiger partial charge >= 0.3 is 0 Å². The maximum atomic E-state index is 12.6. The molecule has 0 aromatic heterocycles. The summed E-state index contributed by atoms with van der Waals surface area (Å²) in [6.45, 7) is 0.302. The molecule has 8 nitrogen and oxygen atoms in total. The molecule has 3 aromatic carbocycles. The number of ether oxygens (including phenoxy) is 2. The molecule has 0 fully saturated rings. The highest BCUT2D eigenvalue weighted by Gasteiger charge is 2.19. The summed E-state index contributed by atoms with van der Waals surface area (Å²) in [5.41, 5.74) is 0.767. The van der Waals surface area contributed by atoms with Crippen LogP contribution < -0.4 is 14.8 Å². The van der Waals surface area contributed by atoms with Gasteiger partial charge < -0.3 is 14.8 Å². The third-order valence-electron chi connectivity index (χ3n) is 4.51. The van der Waals surface area contributed by atoms with Crippen LogP contribution in [0.15, 0.2) is 72.3 Å². The smallest absolute Gasteiger partial charge is 0.294 e. The van der Waals surface area contributed by atoms with E-state index in [9.17, 15) is 20.2 Å². The molecule has 0 spiro atoms. The molecule has 1 N–H and O–H groups in total. The first-order valence-electron chi connectivity index (χ1n) is 9.63. The summed E-state index contributed by atoms with van der Waals surface area (Å²) in [6, 6.07) is 20.1. The quantitative estimate of drug-likeness (QED) is 0.207. The van der Waals surface area contributed by atoms with Crippen molar-refractivity contribution in [3.63, 3.8) is 0 Å². The molecular formula is C24H18ClN3O5. The Bertz CT molecular complexity index is 1250. The summed E-state index contributed by atoms with van der Waals surface area (Å²) in [6.07, 6.45) is 1.35. The molecule has 0 radical (unpaired) electrons. The predicted octanol–water partition coefficient (Wildman–Crippen LogP) is 5.38. The van der Waals surface area contributed by atoms with Crippen molar-refractivity contribution in [1.82, 2.24) is 0 Å². The third kappa shape index (κ3) is 6.09. The van der Waals surface area contributed by atoms with E-state index in [0.717, 1.165) is 11.6 Å². The highest BCUT2D eigenvalue weighted by atomic mass is 35.5. The summed E-state index contributed by atoms with van der Waals surface area (Å²) in [5.74, 6) is 0.120. The Morgan fingerprint density at radius 1 is 1.15 bits per heavy atom. The van der Waals surface area contributed by atoms with Gasteiger partial charge in [0.05, 0.1) is 12.0 Å². The zero-order valence-corrected chi connectivity index (χ0v) is 18.2. The van der Waals surface area contributed by atoms with Crippen molar-refractivity contribution in [3.8, 4) is 17.6 Å². The Balaban J connectivity index is 1.84. The van der Waals surface area contributed by atoms with Crippen molar-refractivity contribution in [2.75, 3.05) is 12.4 Å². The summed E-state index contributed by atoms with van der Waals surface area (Å²) < 4.78 is 11.2. The van der Waals surface area contributed by atoms with E-state index in [0.29, 0.717) is 23.7 Å². The second-order valence-electron chi connectivity index (χ2n) is 6.73. The Morgan fingerprint density at radius 2 is 1.91 bits per heavy atom. The molecular weight excluding hydrogens is 446 g/mol. The van der Waals surface area contributed by atoms with Crippen LogP contribution in [0.5, 0.6) is 11.5 Å². The van der Waals surface area contributed by atoms with Gasteiger partial charge in [0.25, 0.3) is 11.6 Å². The molecule has 3 rings (SSSR count). The van der Waals surface area contributed by atoms with E-state index in [-0.39, 0.29) is 22.0 Å². The Morgan fingerprint density at radius 3 is 2.58 bits per heavy atom. The van der Waals surface area contributed by atoms with Crippen molar-refractivity contribution in [2.24, 2.45) is 0 Å². The fourth-order valence-corrected chi connectivity index (χ4v) is 3.06. The fraction of sp³-hybridized carbons (Fsp3) is 0.0833. The lowest BCUT2D eigenvalue weighted by Gasteiger charge is -2.12. The van der Waals surface area contributed by atoms with Gasteiger partial charge in [0.1, 0.15) is 23.9 Å². The molecule has 0 aliphatic rings. The molecule has 0 saturated heterocycles. The van der Waals surface area contributed by atoms with Gasteiger partial charge in [0.2, 0.25) is 0 Å². The standard InChI is InChI=1S/C24H18ClN3O5/c1-32-22-10-7-17(12-23(22)33-15-16-5-3-2-4-6-16)11-18(14-26)24(29)27-20-9-8-19(25)13-21(20)28(30)31/h2-13H,15H2,1H3,(H,27,29). The highest BCUT2D eigenvalue weighted by Crippen LogP contribution is 2.31. The number of nitrogens with one attached hydrogen (secondary N) is 1. The van der Waals surface area contributed by atoms with E-state index in [2.05, 4.69) is 5.32 Å². The zero-order chi connectivity index (χ0) is 23.8. The first kappa shape index (κ1) is 23.3. The number of anilines is 1. The average molecular weight is 464 g/mol. The number of rotatable bonds is 8. The first-order valence-corrected chi connectivity index (χ1v) is 10.0. The van der Waals surface area contributed by atoms with E-state index >= 15 is 0 Å². The molecule has 0 aliphatic carbocycles. The molecule has 3 aromatic rings. The Hall–Kier alpha value is -4.35. The van der Waals surface area contributed by atoms with Gasteiger partial charge in [-0.25, -0.2) is 0 Å². The second kappa shape index (κ2) is 10.8. The summed E-state index contributed by atoms with van der Waals surface area (Å²) >= 11 is 5.80. The molecule has 0 bridgehead atoms. The minimum absolute atomic E-state index is 0.0721. The summed E-state index contributed by atoms with van der Waals surface area (Å²) in [5, 5.41) is 23.3. The lowest BCUT2D eigenvalue weighted by molar-refractivity contribution is -0.383. The van der Waals surface area contributed by atoms with Gasteiger partial charge in [-0.15, -0.1) is 0 Å².